The molecule has 0 fully saturated rings. The summed E-state index contributed by atoms with van der Waals surface area (Å²) >= 11 is 2.40. The number of rotatable bonds is 3. The predicted molar refractivity (Wildman–Crippen MR) is 30.8 cm³/mol. The number of nitrogens with two attached hydrogens (primary N) is 1. The Morgan fingerprint density at radius 1 is 1.88 bits per heavy atom. The van der Waals surface area contributed by atoms with Crippen molar-refractivity contribution in [1.29, 1.82) is 0 Å². The van der Waals surface area contributed by atoms with Crippen molar-refractivity contribution in [1.82, 2.24) is 0 Å². The molecule has 0 amide bonds. The van der Waals surface area contributed by atoms with Crippen LogP contribution in [0.4, 0.5) is 0 Å². The van der Waals surface area contributed by atoms with Crippen LogP contribution in [0, 0.1) is 0 Å². The van der Waals surface area contributed by atoms with Gasteiger partial charge in [0.05, 0.1) is 6.42 Å². The maximum Gasteiger partial charge on any atom is 0.304 e. The van der Waals surface area contributed by atoms with Crippen LogP contribution in [0.25, 0.3) is 0 Å². The summed E-state index contributed by atoms with van der Waals surface area (Å²) in [5.74, 6) is -0.833. The largest absolute Gasteiger partial charge is 0.481 e. The summed E-state index contributed by atoms with van der Waals surface area (Å²) in [5.41, 5.74) is 5.27. The molecule has 0 rings (SSSR count). The molecule has 3 nitrogen and oxygen atoms in total. The van der Waals surface area contributed by atoms with Gasteiger partial charge >= 0.3 is 5.97 Å². The highest BCUT2D eigenvalue weighted by Gasteiger charge is 2.02. The number of aliphatic carboxylic acids is 1. The zero-order valence-electron chi connectivity index (χ0n) is 4.50. The number of carboxylic acids is 1. The van der Waals surface area contributed by atoms with Crippen LogP contribution in [0.1, 0.15) is 6.42 Å². The average molecular weight is 129 g/mol. The quantitative estimate of drug-likeness (QED) is 0.499. The summed E-state index contributed by atoms with van der Waals surface area (Å²) in [5, 5.41) is 8.77. The molecule has 0 aromatic carbocycles. The lowest BCUT2D eigenvalue weighted by atomic mass is 10.2. The van der Waals surface area contributed by atoms with E-state index in [1.807, 2.05) is 0 Å². The Balaban J connectivity index is 3.24. The zero-order chi connectivity index (χ0) is 6.57. The van der Waals surface area contributed by atoms with Gasteiger partial charge < -0.3 is 10.8 Å². The van der Waals surface area contributed by atoms with E-state index < -0.39 is 5.97 Å². The fraction of sp³-hybridized carbons (Fsp3) is 0.750. The molecule has 0 bridgehead atoms. The second-order valence-electron chi connectivity index (χ2n) is 1.59. The van der Waals surface area contributed by atoms with Gasteiger partial charge in [0.2, 0.25) is 0 Å². The Kier molecular flexibility index (Phi) is 3.89. The topological polar surface area (TPSA) is 63.3 Å². The van der Waals surface area contributed by atoms with E-state index in [0.29, 0.717) is 5.28 Å². The minimum Gasteiger partial charge on any atom is -0.481 e. The summed E-state index contributed by atoms with van der Waals surface area (Å²) in [6.45, 7) is 0. The highest BCUT2D eigenvalue weighted by Crippen LogP contribution is 1.89. The molecule has 0 aliphatic carbocycles. The van der Waals surface area contributed by atoms with Gasteiger partial charge in [0, 0.05) is 6.04 Å². The van der Waals surface area contributed by atoms with Crippen molar-refractivity contribution in [2.75, 3.05) is 0 Å². The molecule has 0 aliphatic heterocycles. The third-order valence-electron chi connectivity index (χ3n) is 0.740. The van der Waals surface area contributed by atoms with Crippen molar-refractivity contribution in [3.05, 3.63) is 0 Å². The SMILES string of the molecule is N[C@@H]([CH2][Al])CC(=O)O. The molecule has 44 valence electrons. The standard InChI is InChI=1S/C4H8NO2.Al/c1-3(5)2-4(6)7;/h3H,1-2,5H2,(H,6,7);/t3-;/m0./s1. The summed E-state index contributed by atoms with van der Waals surface area (Å²) < 4.78 is 0. The number of hydrogen-bond donors (Lipinski definition) is 2. The van der Waals surface area contributed by atoms with E-state index >= 15 is 0 Å². The van der Waals surface area contributed by atoms with Gasteiger partial charge in [-0.25, -0.2) is 0 Å². The molecule has 0 spiro atoms. The first kappa shape index (κ1) is 7.96. The predicted octanol–water partition coefficient (Wildman–Crippen LogP) is -0.625. The molecule has 0 aliphatic rings. The molecule has 8 heavy (non-hydrogen) atoms. The monoisotopic (exact) mass is 129 g/mol. The summed E-state index contributed by atoms with van der Waals surface area (Å²) in [7, 11) is 0. The highest BCUT2D eigenvalue weighted by atomic mass is 27.0. The van der Waals surface area contributed by atoms with Crippen LogP contribution in [0.5, 0.6) is 0 Å². The average Bonchev–Trinajstić information content (AvgIpc) is 1.65. The van der Waals surface area contributed by atoms with Crippen molar-refractivity contribution in [2.45, 2.75) is 17.7 Å². The first-order valence-electron chi connectivity index (χ1n) is 2.34. The van der Waals surface area contributed by atoms with Crippen molar-refractivity contribution in [2.24, 2.45) is 5.73 Å². The maximum absolute atomic E-state index is 9.88. The van der Waals surface area contributed by atoms with Crippen LogP contribution in [0.2, 0.25) is 5.28 Å². The lowest BCUT2D eigenvalue weighted by Gasteiger charge is -2.02. The van der Waals surface area contributed by atoms with Gasteiger partial charge in [-0.15, -0.1) is 5.28 Å². The van der Waals surface area contributed by atoms with Gasteiger partial charge in [0.1, 0.15) is 16.3 Å². The molecule has 3 N–H and O–H groups in total. The molecule has 1 atom stereocenters. The first-order valence-corrected chi connectivity index (χ1v) is 3.16. The van der Waals surface area contributed by atoms with Crippen molar-refractivity contribution < 1.29 is 9.90 Å². The summed E-state index contributed by atoms with van der Waals surface area (Å²) in [6.07, 6.45) is 0.0590. The molecule has 0 aromatic heterocycles. The minimum absolute atomic E-state index is 0.0590. The van der Waals surface area contributed by atoms with Crippen molar-refractivity contribution >= 4 is 22.3 Å². The van der Waals surface area contributed by atoms with Crippen LogP contribution in [-0.2, 0) is 4.79 Å². The molecular weight excluding hydrogens is 121 g/mol. The fourth-order valence-electron chi connectivity index (χ4n) is 0.308. The van der Waals surface area contributed by atoms with Gasteiger partial charge in [-0.05, 0) is 0 Å². The van der Waals surface area contributed by atoms with Crippen LogP contribution in [0.3, 0.4) is 0 Å². The molecule has 0 unspecified atom stereocenters. The lowest BCUT2D eigenvalue weighted by molar-refractivity contribution is -0.137. The van der Waals surface area contributed by atoms with Gasteiger partial charge in [0.15, 0.2) is 0 Å². The summed E-state index contributed by atoms with van der Waals surface area (Å²) in [4.78, 5) is 9.88. The summed E-state index contributed by atoms with van der Waals surface area (Å²) in [6, 6.07) is -0.211. The molecular formula is C4H8AlNO2. The number of carbonyl (C=O) groups is 1. The van der Waals surface area contributed by atoms with Crippen molar-refractivity contribution in [3.8, 4) is 0 Å². The Morgan fingerprint density at radius 2 is 2.38 bits per heavy atom. The number of carboxylic acid groups (broad SMARTS) is 1. The second kappa shape index (κ2) is 3.90. The Morgan fingerprint density at radius 3 is 2.50 bits per heavy atom. The van der Waals surface area contributed by atoms with E-state index in [1.54, 1.807) is 0 Å². The van der Waals surface area contributed by atoms with Gasteiger partial charge in [0.25, 0.3) is 0 Å². The normalized spacial score (nSPS) is 13.1. The van der Waals surface area contributed by atoms with E-state index in [1.165, 1.54) is 0 Å². The fourth-order valence-corrected chi connectivity index (χ4v) is 0.474. The minimum atomic E-state index is -0.833. The van der Waals surface area contributed by atoms with Crippen LogP contribution in [0.15, 0.2) is 0 Å². The Bertz CT molecular complexity index is 86.1. The van der Waals surface area contributed by atoms with E-state index in [2.05, 4.69) is 16.3 Å². The smallest absolute Gasteiger partial charge is 0.304 e. The molecule has 0 aromatic rings. The molecule has 0 saturated heterocycles. The number of hydrogen-bond acceptors (Lipinski definition) is 2. The highest BCUT2D eigenvalue weighted by molar-refractivity contribution is 6.09. The Labute approximate surface area is 56.3 Å². The Hall–Kier alpha value is -0.0375. The van der Waals surface area contributed by atoms with Crippen molar-refractivity contribution in [3.63, 3.8) is 0 Å². The molecule has 0 saturated carbocycles. The van der Waals surface area contributed by atoms with Crippen LogP contribution >= 0.6 is 0 Å². The van der Waals surface area contributed by atoms with E-state index in [9.17, 15) is 4.79 Å². The molecule has 0 heterocycles. The van der Waals surface area contributed by atoms with Gasteiger partial charge in [-0.2, -0.15) is 0 Å². The van der Waals surface area contributed by atoms with Gasteiger partial charge in [-0.3, -0.25) is 4.79 Å². The maximum atomic E-state index is 9.88. The van der Waals surface area contributed by atoms with Crippen LogP contribution in [-0.4, -0.2) is 33.4 Å². The third kappa shape index (κ3) is 4.13. The van der Waals surface area contributed by atoms with Crippen LogP contribution < -0.4 is 5.73 Å². The van der Waals surface area contributed by atoms with E-state index in [-0.39, 0.29) is 12.5 Å². The van der Waals surface area contributed by atoms with Gasteiger partial charge in [-0.1, -0.05) is 0 Å². The van der Waals surface area contributed by atoms with E-state index in [4.69, 9.17) is 10.8 Å². The molecule has 2 radical (unpaired) electrons. The molecule has 4 heteroatoms. The third-order valence-corrected chi connectivity index (χ3v) is 1.35. The zero-order valence-corrected chi connectivity index (χ0v) is 5.66. The second-order valence-corrected chi connectivity index (χ2v) is 2.07. The van der Waals surface area contributed by atoms with E-state index in [0.717, 1.165) is 0 Å². The first-order chi connectivity index (χ1) is 3.66. The lowest BCUT2D eigenvalue weighted by Crippen LogP contribution is -2.22.